The minimum atomic E-state index is -0.796. The fourth-order valence-corrected chi connectivity index (χ4v) is 3.02. The molecular weight excluding hydrogens is 260 g/mol. The van der Waals surface area contributed by atoms with Gasteiger partial charge in [-0.15, -0.1) is 0 Å². The van der Waals surface area contributed by atoms with Gasteiger partial charge >= 0.3 is 0 Å². The highest BCUT2D eigenvalue weighted by Gasteiger charge is 2.16. The van der Waals surface area contributed by atoms with Gasteiger partial charge in [-0.2, -0.15) is 0 Å². The van der Waals surface area contributed by atoms with Gasteiger partial charge in [0, 0.05) is 24.4 Å². The van der Waals surface area contributed by atoms with E-state index in [1.54, 1.807) is 6.07 Å². The monoisotopic (exact) mass is 273 g/mol. The van der Waals surface area contributed by atoms with Gasteiger partial charge in [0.1, 0.15) is 4.32 Å². The molecule has 1 aliphatic heterocycles. The third kappa shape index (κ3) is 3.16. The summed E-state index contributed by atoms with van der Waals surface area (Å²) in [6.45, 7) is 1.97. The van der Waals surface area contributed by atoms with E-state index >= 15 is 0 Å². The zero-order valence-corrected chi connectivity index (χ0v) is 10.9. The molecule has 1 aromatic carbocycles. The predicted molar refractivity (Wildman–Crippen MR) is 71.1 cm³/mol. The van der Waals surface area contributed by atoms with E-state index in [1.165, 1.54) is 17.8 Å². The highest BCUT2D eigenvalue weighted by Crippen LogP contribution is 2.22. The third-order valence-electron chi connectivity index (χ3n) is 2.75. The van der Waals surface area contributed by atoms with Crippen LogP contribution < -0.4 is 0 Å². The minimum Gasteiger partial charge on any atom is -0.358 e. The molecule has 0 atom stereocenters. The summed E-state index contributed by atoms with van der Waals surface area (Å²) in [5.74, 6) is -1.17. The molecular formula is C12H13F2NS2. The Balaban J connectivity index is 1.93. The Hall–Kier alpha value is -0.680. The van der Waals surface area contributed by atoms with E-state index in [0.717, 1.165) is 36.3 Å². The van der Waals surface area contributed by atoms with Gasteiger partial charge in [0.25, 0.3) is 0 Å². The maximum Gasteiger partial charge on any atom is 0.162 e. The van der Waals surface area contributed by atoms with Gasteiger partial charge in [-0.05, 0) is 18.9 Å². The zero-order chi connectivity index (χ0) is 12.3. The van der Waals surface area contributed by atoms with Crippen molar-refractivity contribution in [2.75, 3.05) is 13.1 Å². The molecule has 5 heteroatoms. The van der Waals surface area contributed by atoms with E-state index < -0.39 is 11.6 Å². The van der Waals surface area contributed by atoms with E-state index in [2.05, 4.69) is 4.90 Å². The Bertz CT molecular complexity index is 417. The highest BCUT2D eigenvalue weighted by atomic mass is 32.2. The molecule has 0 bridgehead atoms. The molecule has 92 valence electrons. The molecule has 0 amide bonds. The minimum absolute atomic E-state index is 0.372. The van der Waals surface area contributed by atoms with Crippen LogP contribution in [0.15, 0.2) is 18.2 Å². The van der Waals surface area contributed by atoms with Crippen LogP contribution in [0.25, 0.3) is 0 Å². The predicted octanol–water partition coefficient (Wildman–Crippen LogP) is 3.58. The molecule has 17 heavy (non-hydrogen) atoms. The number of halogens is 2. The van der Waals surface area contributed by atoms with Crippen LogP contribution in [-0.4, -0.2) is 22.3 Å². The Labute approximate surface area is 109 Å². The van der Waals surface area contributed by atoms with Crippen molar-refractivity contribution in [1.29, 1.82) is 0 Å². The smallest absolute Gasteiger partial charge is 0.162 e. The van der Waals surface area contributed by atoms with Gasteiger partial charge in [0.15, 0.2) is 11.6 Å². The lowest BCUT2D eigenvalue weighted by molar-refractivity contribution is 0.502. The summed E-state index contributed by atoms with van der Waals surface area (Å²) in [6.07, 6.45) is 2.32. The van der Waals surface area contributed by atoms with Crippen LogP contribution in [0.2, 0.25) is 0 Å². The molecule has 2 rings (SSSR count). The molecule has 0 aliphatic carbocycles. The molecule has 0 unspecified atom stereocenters. The summed E-state index contributed by atoms with van der Waals surface area (Å²) in [7, 11) is 0. The number of thiocarbonyl (C=S) groups is 1. The molecule has 1 saturated heterocycles. The van der Waals surface area contributed by atoms with Crippen molar-refractivity contribution in [2.24, 2.45) is 0 Å². The first kappa shape index (κ1) is 12.8. The number of nitrogens with zero attached hydrogens (tertiary/aromatic N) is 1. The van der Waals surface area contributed by atoms with Crippen LogP contribution in [0.5, 0.6) is 0 Å². The van der Waals surface area contributed by atoms with Crippen LogP contribution >= 0.6 is 24.0 Å². The average molecular weight is 273 g/mol. The highest BCUT2D eigenvalue weighted by molar-refractivity contribution is 8.22. The lowest BCUT2D eigenvalue weighted by atomic mass is 10.2. The second kappa shape index (κ2) is 5.78. The largest absolute Gasteiger partial charge is 0.358 e. The van der Waals surface area contributed by atoms with Crippen LogP contribution in [0.3, 0.4) is 0 Å². The second-order valence-corrected chi connectivity index (χ2v) is 5.57. The standard InChI is InChI=1S/C12H13F2NS2/c13-10-5-3-4-9(11(10)14)8-17-12(16)15-6-1-2-7-15/h3-5H,1-2,6-8H2. The Kier molecular flexibility index (Phi) is 4.34. The van der Waals surface area contributed by atoms with Gasteiger partial charge in [-0.3, -0.25) is 0 Å². The maximum absolute atomic E-state index is 13.4. The zero-order valence-electron chi connectivity index (χ0n) is 9.29. The number of rotatable bonds is 2. The molecule has 0 saturated carbocycles. The van der Waals surface area contributed by atoms with Gasteiger partial charge in [0.05, 0.1) is 0 Å². The summed E-state index contributed by atoms with van der Waals surface area (Å²) >= 11 is 6.66. The van der Waals surface area contributed by atoms with E-state index in [4.69, 9.17) is 12.2 Å². The summed E-state index contributed by atoms with van der Waals surface area (Å²) in [6, 6.07) is 4.24. The number of hydrogen-bond acceptors (Lipinski definition) is 2. The number of hydrogen-bond donors (Lipinski definition) is 0. The van der Waals surface area contributed by atoms with Crippen molar-refractivity contribution in [2.45, 2.75) is 18.6 Å². The van der Waals surface area contributed by atoms with Crippen LogP contribution in [0, 0.1) is 11.6 Å². The molecule has 0 radical (unpaired) electrons. The summed E-state index contributed by atoms with van der Waals surface area (Å²) in [5.41, 5.74) is 0.372. The van der Waals surface area contributed by atoms with E-state index in [1.807, 2.05) is 0 Å². The Morgan fingerprint density at radius 3 is 2.71 bits per heavy atom. The summed E-state index contributed by atoms with van der Waals surface area (Å²) in [4.78, 5) is 2.12. The molecule has 1 aromatic rings. The van der Waals surface area contributed by atoms with E-state index in [-0.39, 0.29) is 0 Å². The third-order valence-corrected chi connectivity index (χ3v) is 4.32. The summed E-state index contributed by atoms with van der Waals surface area (Å²) in [5, 5.41) is 0. The van der Waals surface area contributed by atoms with Gasteiger partial charge in [-0.1, -0.05) is 36.1 Å². The molecule has 1 heterocycles. The van der Waals surface area contributed by atoms with Crippen molar-refractivity contribution < 1.29 is 8.78 Å². The topological polar surface area (TPSA) is 3.24 Å². The number of benzene rings is 1. The summed E-state index contributed by atoms with van der Waals surface area (Å²) < 4.78 is 27.1. The van der Waals surface area contributed by atoms with Crippen molar-refractivity contribution in [3.63, 3.8) is 0 Å². The molecule has 1 aliphatic rings. The Morgan fingerprint density at radius 2 is 2.00 bits per heavy atom. The van der Waals surface area contributed by atoms with E-state index in [9.17, 15) is 8.78 Å². The lowest BCUT2D eigenvalue weighted by Gasteiger charge is -2.17. The molecule has 0 aromatic heterocycles. The maximum atomic E-state index is 13.4. The van der Waals surface area contributed by atoms with Gasteiger partial charge in [0.2, 0.25) is 0 Å². The Morgan fingerprint density at radius 1 is 1.29 bits per heavy atom. The van der Waals surface area contributed by atoms with Crippen molar-refractivity contribution in [3.05, 3.63) is 35.4 Å². The first-order valence-electron chi connectivity index (χ1n) is 5.53. The first-order valence-corrected chi connectivity index (χ1v) is 6.92. The van der Waals surface area contributed by atoms with Crippen LogP contribution in [0.1, 0.15) is 18.4 Å². The van der Waals surface area contributed by atoms with Crippen molar-refractivity contribution in [1.82, 2.24) is 4.90 Å². The van der Waals surface area contributed by atoms with Gasteiger partial charge in [-0.25, -0.2) is 8.78 Å². The van der Waals surface area contributed by atoms with Crippen molar-refractivity contribution in [3.8, 4) is 0 Å². The molecule has 0 spiro atoms. The fraction of sp³-hybridized carbons (Fsp3) is 0.417. The quantitative estimate of drug-likeness (QED) is 0.758. The second-order valence-electron chi connectivity index (χ2n) is 3.96. The first-order chi connectivity index (χ1) is 8.18. The lowest BCUT2D eigenvalue weighted by Crippen LogP contribution is -2.23. The van der Waals surface area contributed by atoms with Crippen LogP contribution in [-0.2, 0) is 5.75 Å². The molecule has 0 N–H and O–H groups in total. The van der Waals surface area contributed by atoms with Crippen LogP contribution in [0.4, 0.5) is 8.78 Å². The average Bonchev–Trinajstić information content (AvgIpc) is 2.84. The molecule has 1 fully saturated rings. The number of likely N-dealkylation sites (tertiary alicyclic amines) is 1. The van der Waals surface area contributed by atoms with E-state index in [0.29, 0.717) is 11.3 Å². The van der Waals surface area contributed by atoms with Crippen molar-refractivity contribution >= 4 is 28.3 Å². The normalized spacial score (nSPS) is 15.3. The SMILES string of the molecule is Fc1cccc(CSC(=S)N2CCCC2)c1F. The number of thioether (sulfide) groups is 1. The fourth-order valence-electron chi connectivity index (χ4n) is 1.79. The van der Waals surface area contributed by atoms with Gasteiger partial charge < -0.3 is 4.90 Å². The molecule has 1 nitrogen and oxygen atoms in total.